The summed E-state index contributed by atoms with van der Waals surface area (Å²) in [6, 6.07) is 81.5. The Morgan fingerprint density at radius 1 is 0.281 bits per heavy atom. The Morgan fingerprint density at radius 2 is 0.750 bits per heavy atom. The van der Waals surface area contributed by atoms with Gasteiger partial charge in [-0.15, -0.1) is 0 Å². The minimum atomic E-state index is 0.859. The molecule has 0 aliphatic carbocycles. The van der Waals surface area contributed by atoms with E-state index in [1.54, 1.807) is 0 Å². The molecule has 0 radical (unpaired) electrons. The van der Waals surface area contributed by atoms with Gasteiger partial charge in [-0.1, -0.05) is 140 Å². The molecule has 0 bridgehead atoms. The van der Waals surface area contributed by atoms with Crippen molar-refractivity contribution in [2.45, 2.75) is 0 Å². The minimum absolute atomic E-state index is 0.859. The average Bonchev–Trinajstić information content (AvgIpc) is 4.02. The minimum Gasteiger partial charge on any atom is -0.454 e. The van der Waals surface area contributed by atoms with Crippen molar-refractivity contribution in [3.05, 3.63) is 224 Å². The van der Waals surface area contributed by atoms with Crippen LogP contribution >= 0.6 is 0 Å². The fourth-order valence-electron chi connectivity index (χ4n) is 10.7. The van der Waals surface area contributed by atoms with Crippen molar-refractivity contribution >= 4 is 115 Å². The van der Waals surface area contributed by atoms with Crippen LogP contribution in [-0.4, -0.2) is 9.13 Å². The van der Waals surface area contributed by atoms with Gasteiger partial charge in [0.15, 0.2) is 5.58 Å². The van der Waals surface area contributed by atoms with E-state index in [0.29, 0.717) is 0 Å². The van der Waals surface area contributed by atoms with Crippen molar-refractivity contribution in [3.63, 3.8) is 0 Å². The van der Waals surface area contributed by atoms with Gasteiger partial charge in [0.25, 0.3) is 0 Å². The monoisotopic (exact) mass is 815 g/mol. The third-order valence-electron chi connectivity index (χ3n) is 13.5. The largest absolute Gasteiger partial charge is 0.454 e. The second-order valence-electron chi connectivity index (χ2n) is 16.9. The third kappa shape index (κ3) is 4.99. The number of rotatable bonds is 5. The lowest BCUT2D eigenvalue weighted by atomic mass is 9.94. The van der Waals surface area contributed by atoms with E-state index in [0.717, 1.165) is 61.4 Å². The highest BCUT2D eigenvalue weighted by Crippen LogP contribution is 2.46. The normalized spacial score (nSPS) is 12.1. The number of nitrogens with zero attached hydrogens (tertiary/aromatic N) is 3. The van der Waals surface area contributed by atoms with E-state index in [1.165, 1.54) is 64.9 Å². The maximum Gasteiger partial charge on any atom is 0.159 e. The van der Waals surface area contributed by atoms with Crippen LogP contribution in [0.1, 0.15) is 0 Å². The van der Waals surface area contributed by atoms with Crippen LogP contribution in [-0.2, 0) is 0 Å². The number of benzene rings is 11. The van der Waals surface area contributed by atoms with Gasteiger partial charge in [-0.05, 0) is 117 Å². The Labute approximate surface area is 367 Å². The number of hydrogen-bond acceptors (Lipinski definition) is 2. The summed E-state index contributed by atoms with van der Waals surface area (Å²) < 4.78 is 11.6. The molecule has 0 saturated carbocycles. The van der Waals surface area contributed by atoms with Crippen LogP contribution in [0.5, 0.6) is 0 Å². The lowest BCUT2D eigenvalue weighted by molar-refractivity contribution is 0.669. The maximum absolute atomic E-state index is 6.79. The first-order valence-corrected chi connectivity index (χ1v) is 21.9. The molecule has 0 spiro atoms. The number of hydrogen-bond donors (Lipinski definition) is 0. The zero-order chi connectivity index (χ0) is 41.9. The summed E-state index contributed by atoms with van der Waals surface area (Å²) in [5.74, 6) is 0. The summed E-state index contributed by atoms with van der Waals surface area (Å²) >= 11 is 0. The van der Waals surface area contributed by atoms with Crippen molar-refractivity contribution in [3.8, 4) is 11.4 Å². The molecule has 64 heavy (non-hydrogen) atoms. The van der Waals surface area contributed by atoms with Gasteiger partial charge in [0.2, 0.25) is 0 Å². The standard InChI is InChI=1S/C60H37N3O/c1-2-15-38(16-3-1)62-54-25-11-8-21-47(54)53-37-41(31-34-56(53)62)63-55-26-12-9-22-48(55)52-36-40(30-33-57(52)63)61(58-27-14-24-50-49-23-10-13-28-59(49)64-60(50)58)39-29-32-46-44-19-5-4-17-42(44)43-18-6-7-20-45(43)51(46)35-39/h1-37H. The Hall–Kier alpha value is -8.60. The van der Waals surface area contributed by atoms with Crippen molar-refractivity contribution in [1.29, 1.82) is 0 Å². The van der Waals surface area contributed by atoms with Crippen LogP contribution in [0.15, 0.2) is 229 Å². The second kappa shape index (κ2) is 13.4. The van der Waals surface area contributed by atoms with Crippen molar-refractivity contribution in [1.82, 2.24) is 9.13 Å². The highest BCUT2D eigenvalue weighted by Gasteiger charge is 2.23. The van der Waals surface area contributed by atoms with E-state index in [4.69, 9.17) is 4.42 Å². The molecule has 4 nitrogen and oxygen atoms in total. The summed E-state index contributed by atoms with van der Waals surface area (Å²) in [5.41, 5.74) is 11.8. The van der Waals surface area contributed by atoms with Crippen molar-refractivity contribution < 1.29 is 4.42 Å². The van der Waals surface area contributed by atoms with Crippen LogP contribution in [0.25, 0.3) is 109 Å². The zero-order valence-electron chi connectivity index (χ0n) is 34.6. The molecule has 11 aromatic carbocycles. The van der Waals surface area contributed by atoms with E-state index in [9.17, 15) is 0 Å². The number of furan rings is 1. The summed E-state index contributed by atoms with van der Waals surface area (Å²) in [7, 11) is 0. The predicted molar refractivity (Wildman–Crippen MR) is 270 cm³/mol. The van der Waals surface area contributed by atoms with Gasteiger partial charge in [0, 0.05) is 55.1 Å². The average molecular weight is 816 g/mol. The Kier molecular flexibility index (Phi) is 7.36. The summed E-state index contributed by atoms with van der Waals surface area (Å²) in [5, 5.41) is 14.5. The fourth-order valence-corrected chi connectivity index (χ4v) is 10.7. The molecule has 14 aromatic rings. The molecule has 298 valence electrons. The molecule has 0 saturated heterocycles. The molecule has 4 heteroatoms. The van der Waals surface area contributed by atoms with E-state index in [1.807, 2.05) is 6.07 Å². The highest BCUT2D eigenvalue weighted by atomic mass is 16.3. The molecule has 3 heterocycles. The Morgan fingerprint density at radius 3 is 1.44 bits per heavy atom. The highest BCUT2D eigenvalue weighted by molar-refractivity contribution is 6.26. The smallest absolute Gasteiger partial charge is 0.159 e. The van der Waals surface area contributed by atoms with Crippen molar-refractivity contribution in [2.24, 2.45) is 0 Å². The van der Waals surface area contributed by atoms with Crippen LogP contribution in [0.2, 0.25) is 0 Å². The first kappa shape index (κ1) is 35.0. The van der Waals surface area contributed by atoms with Gasteiger partial charge < -0.3 is 18.5 Å². The first-order chi connectivity index (χ1) is 31.8. The molecular weight excluding hydrogens is 779 g/mol. The third-order valence-corrected chi connectivity index (χ3v) is 13.5. The van der Waals surface area contributed by atoms with Gasteiger partial charge in [0.05, 0.1) is 27.8 Å². The zero-order valence-corrected chi connectivity index (χ0v) is 34.6. The molecule has 0 N–H and O–H groups in total. The van der Waals surface area contributed by atoms with Gasteiger partial charge in [-0.3, -0.25) is 0 Å². The summed E-state index contributed by atoms with van der Waals surface area (Å²) in [6.45, 7) is 0. The Balaban J connectivity index is 1.02. The number of para-hydroxylation sites is 5. The molecule has 0 aliphatic rings. The molecule has 3 aromatic heterocycles. The molecule has 0 unspecified atom stereocenters. The fraction of sp³-hybridized carbons (Fsp3) is 0. The number of anilines is 3. The second-order valence-corrected chi connectivity index (χ2v) is 16.9. The number of fused-ring (bicyclic) bond motifs is 15. The van der Waals surface area contributed by atoms with Crippen LogP contribution in [0.4, 0.5) is 17.1 Å². The van der Waals surface area contributed by atoms with Gasteiger partial charge in [-0.2, -0.15) is 0 Å². The summed E-state index contributed by atoms with van der Waals surface area (Å²) in [6.07, 6.45) is 0. The van der Waals surface area contributed by atoms with Gasteiger partial charge >= 0.3 is 0 Å². The lowest BCUT2D eigenvalue weighted by Gasteiger charge is -2.26. The van der Waals surface area contributed by atoms with E-state index >= 15 is 0 Å². The quantitative estimate of drug-likeness (QED) is 0.162. The van der Waals surface area contributed by atoms with Crippen molar-refractivity contribution in [2.75, 3.05) is 4.90 Å². The van der Waals surface area contributed by atoms with E-state index in [-0.39, 0.29) is 0 Å². The van der Waals surface area contributed by atoms with Crippen LogP contribution < -0.4 is 4.90 Å². The number of aromatic nitrogens is 2. The molecule has 0 aliphatic heterocycles. The predicted octanol–water partition coefficient (Wildman–Crippen LogP) is 16.7. The van der Waals surface area contributed by atoms with Crippen LogP contribution in [0, 0.1) is 0 Å². The van der Waals surface area contributed by atoms with E-state index in [2.05, 4.69) is 232 Å². The van der Waals surface area contributed by atoms with E-state index < -0.39 is 0 Å². The Bertz CT molecular complexity index is 4170. The van der Waals surface area contributed by atoms with Gasteiger partial charge in [0.1, 0.15) is 5.58 Å². The lowest BCUT2D eigenvalue weighted by Crippen LogP contribution is -2.10. The topological polar surface area (TPSA) is 26.2 Å². The molecule has 14 rings (SSSR count). The van der Waals surface area contributed by atoms with Gasteiger partial charge in [-0.25, -0.2) is 0 Å². The molecular formula is C60H37N3O. The molecule has 0 fully saturated rings. The van der Waals surface area contributed by atoms with Crippen LogP contribution in [0.3, 0.4) is 0 Å². The summed E-state index contributed by atoms with van der Waals surface area (Å²) in [4.78, 5) is 2.39. The SMILES string of the molecule is c1ccc(-n2c3ccccc3c3cc(-n4c5ccccc5c5cc(N(c6ccc7c8ccccc8c8ccccc8c7c6)c6cccc7c6oc6ccccc67)ccc54)ccc32)cc1. The molecule has 0 atom stereocenters. The first-order valence-electron chi connectivity index (χ1n) is 21.9. The maximum atomic E-state index is 6.79. The molecule has 0 amide bonds.